The molecular formula is C13H36O7Si4. The first-order chi connectivity index (χ1) is 11.0. The molecule has 0 saturated carbocycles. The summed E-state index contributed by atoms with van der Waals surface area (Å²) in [6.45, 7) is 6.18. The van der Waals surface area contributed by atoms with Gasteiger partial charge in [-0.2, -0.15) is 0 Å². The molecule has 0 aromatic heterocycles. The van der Waals surface area contributed by atoms with Crippen molar-refractivity contribution in [2.24, 2.45) is 0 Å². The molecule has 0 saturated heterocycles. The van der Waals surface area contributed by atoms with Gasteiger partial charge in [-0.1, -0.05) is 0 Å². The van der Waals surface area contributed by atoms with Crippen LogP contribution in [0.3, 0.4) is 0 Å². The predicted molar refractivity (Wildman–Crippen MR) is 104 cm³/mol. The lowest BCUT2D eigenvalue weighted by molar-refractivity contribution is 0.241. The third-order valence-electron chi connectivity index (χ3n) is 4.95. The van der Waals surface area contributed by atoms with Gasteiger partial charge in [0.15, 0.2) is 8.32 Å². The van der Waals surface area contributed by atoms with Crippen molar-refractivity contribution in [1.82, 2.24) is 0 Å². The maximum atomic E-state index is 6.20. The van der Waals surface area contributed by atoms with E-state index in [1.807, 2.05) is 0 Å². The summed E-state index contributed by atoms with van der Waals surface area (Å²) >= 11 is 0. The molecule has 146 valence electrons. The van der Waals surface area contributed by atoms with Gasteiger partial charge in [0.25, 0.3) is 0 Å². The summed E-state index contributed by atoms with van der Waals surface area (Å²) in [5.41, 5.74) is 2.32. The Labute approximate surface area is 151 Å². The molecule has 0 fully saturated rings. The van der Waals surface area contributed by atoms with E-state index < -0.39 is 34.0 Å². The van der Waals surface area contributed by atoms with Crippen LogP contribution >= 0.6 is 0 Å². The van der Waals surface area contributed by atoms with Gasteiger partial charge in [-0.3, -0.25) is 0 Å². The van der Waals surface area contributed by atoms with Crippen molar-refractivity contribution >= 4 is 34.0 Å². The zero-order valence-corrected chi connectivity index (χ0v) is 21.0. The fourth-order valence-corrected chi connectivity index (χ4v) is 27.5. The first-order valence-corrected chi connectivity index (χ1v) is 18.0. The summed E-state index contributed by atoms with van der Waals surface area (Å²) in [6.07, 6.45) is 0. The second kappa shape index (κ2) is 10.1. The third-order valence-corrected chi connectivity index (χ3v) is 26.4. The van der Waals surface area contributed by atoms with Gasteiger partial charge in [-0.15, -0.1) is 0 Å². The Morgan fingerprint density at radius 3 is 0.750 bits per heavy atom. The van der Waals surface area contributed by atoms with E-state index >= 15 is 0 Å². The Bertz CT molecular complexity index is 310. The number of hydrogen-bond donors (Lipinski definition) is 0. The van der Waals surface area contributed by atoms with Crippen molar-refractivity contribution in [2.75, 3.05) is 49.8 Å². The van der Waals surface area contributed by atoms with Crippen molar-refractivity contribution in [3.8, 4) is 0 Å². The molecular weight excluding hydrogens is 380 g/mol. The van der Waals surface area contributed by atoms with E-state index in [0.29, 0.717) is 0 Å². The van der Waals surface area contributed by atoms with E-state index in [2.05, 4.69) is 19.6 Å². The fraction of sp³-hybridized carbons (Fsp3) is 1.00. The second-order valence-electron chi connectivity index (χ2n) is 6.54. The number of hydrogen-bond acceptors (Lipinski definition) is 7. The van der Waals surface area contributed by atoms with E-state index in [1.165, 1.54) is 0 Å². The minimum Gasteiger partial charge on any atom is -0.420 e. The zero-order valence-electron chi connectivity index (χ0n) is 17.0. The minimum absolute atomic E-state index is 0.772. The molecule has 0 heterocycles. The third kappa shape index (κ3) is 6.72. The van der Waals surface area contributed by atoms with Crippen LogP contribution in [0.1, 0.15) is 0 Å². The molecule has 11 heteroatoms. The number of rotatable bonds is 13. The monoisotopic (exact) mass is 416 g/mol. The van der Waals surface area contributed by atoms with Crippen LogP contribution in [0.25, 0.3) is 0 Å². The van der Waals surface area contributed by atoms with E-state index in [0.717, 1.165) is 17.0 Å². The normalized spacial score (nSPS) is 14.2. The molecule has 0 unspecified atom stereocenters. The molecule has 7 nitrogen and oxygen atoms in total. The maximum Gasteiger partial charge on any atom is 0.333 e. The highest BCUT2D eigenvalue weighted by Gasteiger charge is 2.55. The van der Waals surface area contributed by atoms with Crippen LogP contribution in [0.5, 0.6) is 0 Å². The first kappa shape index (κ1) is 24.6. The van der Waals surface area contributed by atoms with Crippen LogP contribution in [-0.4, -0.2) is 83.8 Å². The van der Waals surface area contributed by atoms with Crippen LogP contribution in [-0.2, 0) is 31.0 Å². The van der Waals surface area contributed by atoms with Gasteiger partial charge in [0.1, 0.15) is 0 Å². The van der Waals surface area contributed by atoms with Gasteiger partial charge < -0.3 is 31.0 Å². The summed E-state index contributed by atoms with van der Waals surface area (Å²) in [7, 11) is 2.60. The minimum atomic E-state index is -2.37. The largest absolute Gasteiger partial charge is 0.420 e. The average Bonchev–Trinajstić information content (AvgIpc) is 2.61. The Hall–Kier alpha value is 0.588. The van der Waals surface area contributed by atoms with Crippen LogP contribution in [0, 0.1) is 0 Å². The Morgan fingerprint density at radius 2 is 0.625 bits per heavy atom. The molecule has 0 aliphatic rings. The van der Waals surface area contributed by atoms with Crippen LogP contribution < -0.4 is 0 Å². The van der Waals surface area contributed by atoms with Gasteiger partial charge in [-0.05, 0) is 19.6 Å². The molecule has 24 heavy (non-hydrogen) atoms. The van der Waals surface area contributed by atoms with Gasteiger partial charge in [0.2, 0.25) is 0 Å². The molecule has 0 radical (unpaired) electrons. The van der Waals surface area contributed by atoms with Gasteiger partial charge in [0.05, 0.1) is 0 Å². The quantitative estimate of drug-likeness (QED) is 0.427. The van der Waals surface area contributed by atoms with Gasteiger partial charge >= 0.3 is 25.7 Å². The molecule has 0 N–H and O–H groups in total. The van der Waals surface area contributed by atoms with Crippen molar-refractivity contribution in [2.45, 2.75) is 36.6 Å². The topological polar surface area (TPSA) is 64.6 Å². The van der Waals surface area contributed by atoms with Crippen molar-refractivity contribution in [3.63, 3.8) is 0 Å². The molecule has 0 spiro atoms. The van der Waals surface area contributed by atoms with E-state index in [9.17, 15) is 0 Å². The van der Waals surface area contributed by atoms with Gasteiger partial charge in [-0.25, -0.2) is 0 Å². The van der Waals surface area contributed by atoms with E-state index in [1.54, 1.807) is 49.8 Å². The molecule has 0 aliphatic heterocycles. The van der Waals surface area contributed by atoms with Crippen LogP contribution in [0.15, 0.2) is 0 Å². The average molecular weight is 417 g/mol. The maximum absolute atomic E-state index is 6.20. The highest BCUT2D eigenvalue weighted by atomic mass is 28.5. The molecule has 0 amide bonds. The molecule has 0 aromatic rings. The predicted octanol–water partition coefficient (Wildman–Crippen LogP) is 2.29. The van der Waals surface area contributed by atoms with Crippen molar-refractivity contribution < 1.29 is 31.0 Å². The summed E-state index contributed by atoms with van der Waals surface area (Å²) in [6, 6.07) is 0. The standard InChI is InChI=1S/C13H36O7Si4/c1-14-21(8,15-2)11-24(20-7,12-22(9,16-3)17-4)13-23(10,18-5)19-6/h11-13H2,1-10H3. The molecule has 0 bridgehead atoms. The molecule has 0 aliphatic carbocycles. The smallest absolute Gasteiger partial charge is 0.333 e. The lowest BCUT2D eigenvalue weighted by Crippen LogP contribution is -2.60. The summed E-state index contributed by atoms with van der Waals surface area (Å²) < 4.78 is 40.7. The zero-order chi connectivity index (χ0) is 19.1. The van der Waals surface area contributed by atoms with E-state index in [-0.39, 0.29) is 0 Å². The highest BCUT2D eigenvalue weighted by molar-refractivity contribution is 7.01. The molecule has 0 atom stereocenters. The lowest BCUT2D eigenvalue weighted by atomic mass is 11.7. The van der Waals surface area contributed by atoms with E-state index in [4.69, 9.17) is 31.0 Å². The van der Waals surface area contributed by atoms with Gasteiger partial charge in [0, 0.05) is 66.8 Å². The Morgan fingerprint density at radius 1 is 0.417 bits per heavy atom. The molecule has 0 rings (SSSR count). The van der Waals surface area contributed by atoms with Crippen molar-refractivity contribution in [1.29, 1.82) is 0 Å². The highest BCUT2D eigenvalue weighted by Crippen LogP contribution is 2.36. The summed E-state index contributed by atoms with van der Waals surface area (Å²) in [5, 5.41) is 0. The van der Waals surface area contributed by atoms with Crippen molar-refractivity contribution in [3.05, 3.63) is 0 Å². The van der Waals surface area contributed by atoms with Crippen LogP contribution in [0.2, 0.25) is 36.6 Å². The lowest BCUT2D eigenvalue weighted by Gasteiger charge is -2.42. The Balaban J connectivity index is 5.84. The summed E-state index contributed by atoms with van der Waals surface area (Å²) in [5.74, 6) is 0. The first-order valence-electron chi connectivity index (χ1n) is 7.91. The molecule has 0 aromatic carbocycles. The second-order valence-corrected chi connectivity index (χ2v) is 22.8. The Kier molecular flexibility index (Phi) is 10.3. The SMILES string of the molecule is CO[Si](C[Si](C)(OC)OC)(C[Si](C)(OC)OC)C[Si](C)(OC)OC. The fourth-order valence-electron chi connectivity index (χ4n) is 2.84. The summed E-state index contributed by atoms with van der Waals surface area (Å²) in [4.78, 5) is 0. The van der Waals surface area contributed by atoms with Crippen LogP contribution in [0.4, 0.5) is 0 Å².